The fraction of sp³-hybridized carbons (Fsp3) is 0.312. The molecule has 1 N–H and O–H groups in total. The van der Waals surface area contributed by atoms with Crippen molar-refractivity contribution in [3.8, 4) is 5.75 Å². The first-order valence-corrected chi connectivity index (χ1v) is 6.58. The molecule has 1 aliphatic carbocycles. The number of aryl methyl sites for hydroxylation is 2. The van der Waals surface area contributed by atoms with E-state index in [1.54, 1.807) is 6.20 Å². The summed E-state index contributed by atoms with van der Waals surface area (Å²) in [6.45, 7) is 2.51. The highest BCUT2D eigenvalue weighted by Crippen LogP contribution is 2.33. The molecule has 0 unspecified atom stereocenters. The number of aliphatic hydroxyl groups excluding tert-OH is 1. The highest BCUT2D eigenvalue weighted by molar-refractivity contribution is 5.40. The Morgan fingerprint density at radius 1 is 1.37 bits per heavy atom. The van der Waals surface area contributed by atoms with Crippen LogP contribution < -0.4 is 4.74 Å². The summed E-state index contributed by atoms with van der Waals surface area (Å²) >= 11 is 0. The molecule has 0 saturated carbocycles. The van der Waals surface area contributed by atoms with E-state index < -0.39 is 0 Å². The van der Waals surface area contributed by atoms with Crippen molar-refractivity contribution in [2.24, 2.45) is 0 Å². The molecule has 0 aliphatic heterocycles. The van der Waals surface area contributed by atoms with Crippen LogP contribution in [0.1, 0.15) is 34.9 Å². The van der Waals surface area contributed by atoms with Gasteiger partial charge in [0.2, 0.25) is 0 Å². The summed E-state index contributed by atoms with van der Waals surface area (Å²) in [5, 5.41) is 9.77. The van der Waals surface area contributed by atoms with Crippen LogP contribution in [-0.2, 0) is 13.0 Å². The molecule has 0 bridgehead atoms. The van der Waals surface area contributed by atoms with Gasteiger partial charge in [-0.2, -0.15) is 0 Å². The lowest BCUT2D eigenvalue weighted by Gasteiger charge is -2.10. The van der Waals surface area contributed by atoms with E-state index in [-0.39, 0.29) is 6.10 Å². The minimum atomic E-state index is -0.304. The normalized spacial score (nSPS) is 17.3. The summed E-state index contributed by atoms with van der Waals surface area (Å²) in [6, 6.07) is 9.88. The predicted molar refractivity (Wildman–Crippen MR) is 73.0 cm³/mol. The van der Waals surface area contributed by atoms with Crippen LogP contribution in [0.25, 0.3) is 0 Å². The highest BCUT2D eigenvalue weighted by Gasteiger charge is 2.20. The average molecular weight is 255 g/mol. The van der Waals surface area contributed by atoms with E-state index in [2.05, 4.69) is 4.98 Å². The number of aromatic nitrogens is 1. The molecule has 1 atom stereocenters. The molecule has 0 amide bonds. The largest absolute Gasteiger partial charge is 0.487 e. The molecular weight excluding hydrogens is 238 g/mol. The van der Waals surface area contributed by atoms with Gasteiger partial charge in [-0.3, -0.25) is 4.98 Å². The van der Waals surface area contributed by atoms with E-state index in [1.807, 2.05) is 37.3 Å². The number of hydrogen-bond donors (Lipinski definition) is 1. The van der Waals surface area contributed by atoms with Gasteiger partial charge in [0.15, 0.2) is 0 Å². The summed E-state index contributed by atoms with van der Waals surface area (Å²) in [5.74, 6) is 0.845. The number of hydrogen-bond acceptors (Lipinski definition) is 3. The van der Waals surface area contributed by atoms with E-state index in [0.717, 1.165) is 35.4 Å². The molecule has 3 nitrogen and oxygen atoms in total. The molecule has 3 rings (SSSR count). The number of aliphatic hydroxyl groups is 1. The quantitative estimate of drug-likeness (QED) is 0.917. The van der Waals surface area contributed by atoms with Crippen LogP contribution in [0.2, 0.25) is 0 Å². The Kier molecular flexibility index (Phi) is 3.22. The second kappa shape index (κ2) is 5.02. The number of nitrogens with zero attached hydrogens (tertiary/aromatic N) is 1. The second-order valence-electron chi connectivity index (χ2n) is 4.97. The van der Waals surface area contributed by atoms with Crippen molar-refractivity contribution in [3.05, 3.63) is 58.9 Å². The lowest BCUT2D eigenvalue weighted by molar-refractivity contribution is 0.180. The third-order valence-corrected chi connectivity index (χ3v) is 3.65. The monoisotopic (exact) mass is 255 g/mol. The zero-order valence-electron chi connectivity index (χ0n) is 11.0. The van der Waals surface area contributed by atoms with Gasteiger partial charge in [-0.05, 0) is 54.7 Å². The van der Waals surface area contributed by atoms with Crippen LogP contribution >= 0.6 is 0 Å². The van der Waals surface area contributed by atoms with E-state index in [4.69, 9.17) is 4.74 Å². The Balaban J connectivity index is 1.73. The SMILES string of the molecule is Cc1cccnc1COc1ccc2c(c1)CC[C@@H]2O. The summed E-state index contributed by atoms with van der Waals surface area (Å²) in [4.78, 5) is 4.31. The number of benzene rings is 1. The molecule has 1 aliphatic rings. The zero-order valence-corrected chi connectivity index (χ0v) is 11.0. The van der Waals surface area contributed by atoms with Crippen LogP contribution in [0.4, 0.5) is 0 Å². The molecule has 0 radical (unpaired) electrons. The molecule has 1 aromatic carbocycles. The van der Waals surface area contributed by atoms with Crippen molar-refractivity contribution in [3.63, 3.8) is 0 Å². The van der Waals surface area contributed by atoms with Gasteiger partial charge < -0.3 is 9.84 Å². The Bertz CT molecular complexity index is 595. The Hall–Kier alpha value is -1.87. The molecule has 0 saturated heterocycles. The van der Waals surface area contributed by atoms with Crippen LogP contribution in [0.5, 0.6) is 5.75 Å². The van der Waals surface area contributed by atoms with Gasteiger partial charge >= 0.3 is 0 Å². The van der Waals surface area contributed by atoms with Crippen LogP contribution in [0.3, 0.4) is 0 Å². The smallest absolute Gasteiger partial charge is 0.130 e. The maximum atomic E-state index is 9.77. The molecule has 2 aromatic rings. The predicted octanol–water partition coefficient (Wildman–Crippen LogP) is 2.95. The molecular formula is C16H17NO2. The minimum Gasteiger partial charge on any atom is -0.487 e. The lowest BCUT2D eigenvalue weighted by Crippen LogP contribution is -2.01. The number of pyridine rings is 1. The van der Waals surface area contributed by atoms with Gasteiger partial charge in [-0.1, -0.05) is 12.1 Å². The molecule has 19 heavy (non-hydrogen) atoms. The summed E-state index contributed by atoms with van der Waals surface area (Å²) in [7, 11) is 0. The maximum absolute atomic E-state index is 9.77. The van der Waals surface area contributed by atoms with Gasteiger partial charge in [0.25, 0.3) is 0 Å². The van der Waals surface area contributed by atoms with Crippen molar-refractivity contribution < 1.29 is 9.84 Å². The minimum absolute atomic E-state index is 0.304. The van der Waals surface area contributed by atoms with Gasteiger partial charge in [-0.25, -0.2) is 0 Å². The van der Waals surface area contributed by atoms with Crippen molar-refractivity contribution in [1.82, 2.24) is 4.98 Å². The van der Waals surface area contributed by atoms with E-state index in [1.165, 1.54) is 5.56 Å². The standard InChI is InChI=1S/C16H17NO2/c1-11-3-2-8-17-15(11)10-19-13-5-6-14-12(9-13)4-7-16(14)18/h2-3,5-6,8-9,16,18H,4,7,10H2,1H3/t16-/m0/s1. The number of rotatable bonds is 3. The Morgan fingerprint density at radius 2 is 2.26 bits per heavy atom. The molecule has 1 heterocycles. The van der Waals surface area contributed by atoms with E-state index in [0.29, 0.717) is 6.61 Å². The van der Waals surface area contributed by atoms with Gasteiger partial charge in [0.1, 0.15) is 12.4 Å². The van der Waals surface area contributed by atoms with E-state index >= 15 is 0 Å². The fourth-order valence-corrected chi connectivity index (χ4v) is 2.48. The fourth-order valence-electron chi connectivity index (χ4n) is 2.48. The van der Waals surface area contributed by atoms with E-state index in [9.17, 15) is 5.11 Å². The number of fused-ring (bicyclic) bond motifs is 1. The van der Waals surface area contributed by atoms with Crippen LogP contribution in [0.15, 0.2) is 36.5 Å². The van der Waals surface area contributed by atoms with Crippen molar-refractivity contribution >= 4 is 0 Å². The van der Waals surface area contributed by atoms with Crippen LogP contribution in [-0.4, -0.2) is 10.1 Å². The van der Waals surface area contributed by atoms with Crippen LogP contribution in [0, 0.1) is 6.92 Å². The summed E-state index contributed by atoms with van der Waals surface area (Å²) in [6.07, 6.45) is 3.22. The zero-order chi connectivity index (χ0) is 13.2. The van der Waals surface area contributed by atoms with Gasteiger partial charge in [0.05, 0.1) is 11.8 Å². The first-order valence-electron chi connectivity index (χ1n) is 6.58. The molecule has 3 heteroatoms. The van der Waals surface area contributed by atoms with Crippen molar-refractivity contribution in [2.75, 3.05) is 0 Å². The average Bonchev–Trinajstić information content (AvgIpc) is 2.79. The van der Waals surface area contributed by atoms with Gasteiger partial charge in [0, 0.05) is 6.20 Å². The second-order valence-corrected chi connectivity index (χ2v) is 4.97. The molecule has 0 spiro atoms. The first kappa shape index (κ1) is 12.2. The Morgan fingerprint density at radius 3 is 3.11 bits per heavy atom. The topological polar surface area (TPSA) is 42.4 Å². The molecule has 0 fully saturated rings. The maximum Gasteiger partial charge on any atom is 0.130 e. The third kappa shape index (κ3) is 2.47. The number of ether oxygens (including phenoxy) is 1. The third-order valence-electron chi connectivity index (χ3n) is 3.65. The first-order chi connectivity index (χ1) is 9.24. The lowest BCUT2D eigenvalue weighted by atomic mass is 10.1. The van der Waals surface area contributed by atoms with Crippen molar-refractivity contribution in [2.45, 2.75) is 32.5 Å². The van der Waals surface area contributed by atoms with Crippen molar-refractivity contribution in [1.29, 1.82) is 0 Å². The summed E-state index contributed by atoms with van der Waals surface area (Å²) < 4.78 is 5.79. The Labute approximate surface area is 112 Å². The highest BCUT2D eigenvalue weighted by atomic mass is 16.5. The summed E-state index contributed by atoms with van der Waals surface area (Å²) in [5.41, 5.74) is 4.34. The van der Waals surface area contributed by atoms with Gasteiger partial charge in [-0.15, -0.1) is 0 Å². The molecule has 98 valence electrons. The molecule has 1 aromatic heterocycles.